The van der Waals surface area contributed by atoms with Gasteiger partial charge in [-0.25, -0.2) is 0 Å². The van der Waals surface area contributed by atoms with Crippen molar-refractivity contribution in [2.75, 3.05) is 26.8 Å². The fourth-order valence-electron chi connectivity index (χ4n) is 3.46. The number of para-hydroxylation sites is 1. The van der Waals surface area contributed by atoms with Crippen molar-refractivity contribution in [3.05, 3.63) is 35.6 Å². The zero-order valence-electron chi connectivity index (χ0n) is 14.8. The molecular weight excluding hydrogens is 306 g/mol. The zero-order valence-corrected chi connectivity index (χ0v) is 14.8. The molecule has 2 aromatic rings. The van der Waals surface area contributed by atoms with Crippen molar-refractivity contribution >= 4 is 16.9 Å². The Morgan fingerprint density at radius 1 is 1.38 bits per heavy atom. The third-order valence-electron chi connectivity index (χ3n) is 4.41. The van der Waals surface area contributed by atoms with Gasteiger partial charge >= 0.3 is 0 Å². The fourth-order valence-corrected chi connectivity index (χ4v) is 3.46. The van der Waals surface area contributed by atoms with Gasteiger partial charge in [0.2, 0.25) is 5.91 Å². The molecule has 24 heavy (non-hydrogen) atoms. The quantitative estimate of drug-likeness (QED) is 0.864. The van der Waals surface area contributed by atoms with Crippen LogP contribution in [0.2, 0.25) is 0 Å². The summed E-state index contributed by atoms with van der Waals surface area (Å²) in [5.41, 5.74) is 1.44. The number of furan rings is 1. The van der Waals surface area contributed by atoms with Gasteiger partial charge in [0, 0.05) is 31.1 Å². The van der Waals surface area contributed by atoms with Crippen LogP contribution in [0.5, 0.6) is 0 Å². The number of morpholine rings is 1. The maximum Gasteiger partial charge on any atom is 0.227 e. The minimum Gasteiger partial charge on any atom is -0.461 e. The van der Waals surface area contributed by atoms with Crippen LogP contribution in [-0.4, -0.2) is 49.3 Å². The van der Waals surface area contributed by atoms with Gasteiger partial charge in [-0.2, -0.15) is 0 Å². The van der Waals surface area contributed by atoms with Crippen molar-refractivity contribution in [2.45, 2.75) is 38.9 Å². The van der Waals surface area contributed by atoms with E-state index in [4.69, 9.17) is 13.9 Å². The van der Waals surface area contributed by atoms with Gasteiger partial charge in [0.25, 0.3) is 0 Å². The largest absolute Gasteiger partial charge is 0.461 e. The predicted octanol–water partition coefficient (Wildman–Crippen LogP) is 2.94. The molecule has 1 unspecified atom stereocenters. The Balaban J connectivity index is 1.79. The van der Waals surface area contributed by atoms with Gasteiger partial charge in [0.1, 0.15) is 11.3 Å². The van der Waals surface area contributed by atoms with Gasteiger partial charge < -0.3 is 18.8 Å². The summed E-state index contributed by atoms with van der Waals surface area (Å²) < 4.78 is 17.0. The first kappa shape index (κ1) is 17.0. The number of benzene rings is 1. The Labute approximate surface area is 142 Å². The predicted molar refractivity (Wildman–Crippen MR) is 92.1 cm³/mol. The average molecular weight is 331 g/mol. The van der Waals surface area contributed by atoms with Crippen molar-refractivity contribution in [1.82, 2.24) is 4.90 Å². The molecule has 1 fully saturated rings. The number of carbonyl (C=O) groups is 1. The molecule has 0 saturated carbocycles. The number of hydrogen-bond acceptors (Lipinski definition) is 4. The summed E-state index contributed by atoms with van der Waals surface area (Å²) in [6.45, 7) is 7.56. The van der Waals surface area contributed by atoms with Crippen molar-refractivity contribution in [3.8, 4) is 0 Å². The van der Waals surface area contributed by atoms with Crippen molar-refractivity contribution in [2.24, 2.45) is 0 Å². The second-order valence-electron chi connectivity index (χ2n) is 7.04. The normalized spacial score (nSPS) is 20.5. The van der Waals surface area contributed by atoms with Crippen LogP contribution in [0.1, 0.15) is 25.2 Å². The van der Waals surface area contributed by atoms with E-state index in [1.165, 1.54) is 0 Å². The highest BCUT2D eigenvalue weighted by atomic mass is 16.5. The van der Waals surface area contributed by atoms with Crippen molar-refractivity contribution in [3.63, 3.8) is 0 Å². The van der Waals surface area contributed by atoms with Crippen LogP contribution in [0.25, 0.3) is 11.0 Å². The van der Waals surface area contributed by atoms with Crippen molar-refractivity contribution < 1.29 is 18.7 Å². The van der Waals surface area contributed by atoms with E-state index < -0.39 is 0 Å². The van der Waals surface area contributed by atoms with E-state index in [-0.39, 0.29) is 17.6 Å². The van der Waals surface area contributed by atoms with Crippen LogP contribution in [0, 0.1) is 6.92 Å². The molecule has 1 saturated heterocycles. The van der Waals surface area contributed by atoms with E-state index in [0.29, 0.717) is 26.1 Å². The molecule has 130 valence electrons. The van der Waals surface area contributed by atoms with Crippen molar-refractivity contribution in [1.29, 1.82) is 0 Å². The minimum atomic E-state index is -0.370. The smallest absolute Gasteiger partial charge is 0.227 e. The van der Waals surface area contributed by atoms with Gasteiger partial charge in [0.05, 0.1) is 24.7 Å². The van der Waals surface area contributed by atoms with Gasteiger partial charge in [-0.15, -0.1) is 0 Å². The lowest BCUT2D eigenvalue weighted by Crippen LogP contribution is -2.56. The van der Waals surface area contributed by atoms with E-state index in [2.05, 4.69) is 0 Å². The Morgan fingerprint density at radius 3 is 2.88 bits per heavy atom. The van der Waals surface area contributed by atoms with E-state index in [1.54, 1.807) is 7.11 Å². The monoisotopic (exact) mass is 331 g/mol. The molecule has 0 radical (unpaired) electrons. The Hall–Kier alpha value is -1.85. The number of amides is 1. The summed E-state index contributed by atoms with van der Waals surface area (Å²) in [6, 6.07) is 7.85. The third kappa shape index (κ3) is 3.47. The van der Waals surface area contributed by atoms with Gasteiger partial charge in [-0.3, -0.25) is 4.79 Å². The summed E-state index contributed by atoms with van der Waals surface area (Å²) in [7, 11) is 1.65. The maximum absolute atomic E-state index is 12.9. The number of rotatable bonds is 4. The van der Waals surface area contributed by atoms with Crippen LogP contribution < -0.4 is 0 Å². The number of methoxy groups -OCH3 is 1. The molecule has 0 bridgehead atoms. The van der Waals surface area contributed by atoms with Gasteiger partial charge in [-0.1, -0.05) is 18.2 Å². The molecule has 1 aliphatic rings. The lowest BCUT2D eigenvalue weighted by atomic mass is 10.0. The molecule has 1 aromatic heterocycles. The van der Waals surface area contributed by atoms with E-state index in [9.17, 15) is 4.79 Å². The first-order valence-electron chi connectivity index (χ1n) is 8.31. The summed E-state index contributed by atoms with van der Waals surface area (Å²) in [5, 5.41) is 1.02. The maximum atomic E-state index is 12.9. The Bertz CT molecular complexity index is 734. The highest BCUT2D eigenvalue weighted by Gasteiger charge is 2.35. The second-order valence-corrected chi connectivity index (χ2v) is 7.04. The number of hydrogen-bond donors (Lipinski definition) is 0. The van der Waals surface area contributed by atoms with E-state index in [1.807, 2.05) is 49.9 Å². The number of fused-ring (bicyclic) bond motifs is 1. The van der Waals surface area contributed by atoms with Crippen LogP contribution in [0.4, 0.5) is 0 Å². The molecule has 1 aliphatic heterocycles. The highest BCUT2D eigenvalue weighted by molar-refractivity contribution is 5.88. The zero-order chi connectivity index (χ0) is 17.3. The highest BCUT2D eigenvalue weighted by Crippen LogP contribution is 2.27. The Kier molecular flexibility index (Phi) is 4.65. The average Bonchev–Trinajstić information content (AvgIpc) is 2.82. The number of aryl methyl sites for hydroxylation is 1. The minimum absolute atomic E-state index is 0.0927. The molecule has 5 nitrogen and oxygen atoms in total. The van der Waals surface area contributed by atoms with Gasteiger partial charge in [-0.05, 0) is 26.8 Å². The van der Waals surface area contributed by atoms with Crippen LogP contribution in [-0.2, 0) is 20.7 Å². The SMILES string of the molecule is COCC1CN(C(=O)Cc2c(C)oc3ccccc23)CC(C)(C)O1. The molecule has 0 aliphatic carbocycles. The van der Waals surface area contributed by atoms with E-state index >= 15 is 0 Å². The molecule has 0 spiro atoms. The Morgan fingerprint density at radius 2 is 2.12 bits per heavy atom. The molecule has 5 heteroatoms. The standard InChI is InChI=1S/C19H25NO4/c1-13-16(15-7-5-6-8-17(15)23-13)9-18(21)20-10-14(11-22-4)24-19(2,3)12-20/h5-8,14H,9-12H2,1-4H3. The number of nitrogens with zero attached hydrogens (tertiary/aromatic N) is 1. The molecule has 1 aromatic carbocycles. The number of carbonyl (C=O) groups excluding carboxylic acids is 1. The first-order valence-corrected chi connectivity index (χ1v) is 8.31. The van der Waals surface area contributed by atoms with Crippen LogP contribution in [0.3, 0.4) is 0 Å². The second kappa shape index (κ2) is 6.57. The molecule has 1 atom stereocenters. The lowest BCUT2D eigenvalue weighted by molar-refractivity contribution is -0.168. The molecule has 0 N–H and O–H groups in total. The molecule has 3 rings (SSSR count). The summed E-state index contributed by atoms with van der Waals surface area (Å²) in [5.74, 6) is 0.910. The third-order valence-corrected chi connectivity index (χ3v) is 4.41. The topological polar surface area (TPSA) is 51.9 Å². The van der Waals surface area contributed by atoms with Crippen LogP contribution in [0.15, 0.2) is 28.7 Å². The van der Waals surface area contributed by atoms with Crippen LogP contribution >= 0.6 is 0 Å². The summed E-state index contributed by atoms with van der Waals surface area (Å²) >= 11 is 0. The summed E-state index contributed by atoms with van der Waals surface area (Å²) in [6.07, 6.45) is 0.253. The molecule has 2 heterocycles. The molecular formula is C19H25NO4. The fraction of sp³-hybridized carbons (Fsp3) is 0.526. The van der Waals surface area contributed by atoms with E-state index in [0.717, 1.165) is 22.3 Å². The first-order chi connectivity index (χ1) is 11.4. The van der Waals surface area contributed by atoms with Gasteiger partial charge in [0.15, 0.2) is 0 Å². The number of ether oxygens (including phenoxy) is 2. The summed E-state index contributed by atoms with van der Waals surface area (Å²) in [4.78, 5) is 14.8. The lowest BCUT2D eigenvalue weighted by Gasteiger charge is -2.42. The molecule has 1 amide bonds.